The predicted molar refractivity (Wildman–Crippen MR) is 59.8 cm³/mol. The first-order valence-electron chi connectivity index (χ1n) is 6.27. The second-order valence-electron chi connectivity index (χ2n) is 4.36. The van der Waals surface area contributed by atoms with E-state index >= 15 is 0 Å². The van der Waals surface area contributed by atoms with E-state index in [9.17, 15) is 9.59 Å². The molecule has 2 fully saturated rings. The molecule has 2 aliphatic heterocycles. The number of fused-ring (bicyclic) bond motifs is 1. The van der Waals surface area contributed by atoms with Crippen molar-refractivity contribution in [2.75, 3.05) is 13.2 Å². The van der Waals surface area contributed by atoms with Crippen LogP contribution in [0.15, 0.2) is 0 Å². The molecule has 4 atom stereocenters. The fourth-order valence-corrected chi connectivity index (χ4v) is 2.14. The van der Waals surface area contributed by atoms with Gasteiger partial charge in [-0.05, 0) is 0 Å². The van der Waals surface area contributed by atoms with Crippen molar-refractivity contribution < 1.29 is 28.5 Å². The number of carbonyl (C=O) groups excluding carboxylic acids is 2. The van der Waals surface area contributed by atoms with Crippen LogP contribution in [0.3, 0.4) is 0 Å². The lowest BCUT2D eigenvalue weighted by atomic mass is 10.1. The van der Waals surface area contributed by atoms with Gasteiger partial charge in [-0.1, -0.05) is 13.8 Å². The van der Waals surface area contributed by atoms with Crippen molar-refractivity contribution in [3.8, 4) is 0 Å². The van der Waals surface area contributed by atoms with Crippen LogP contribution >= 0.6 is 0 Å². The van der Waals surface area contributed by atoms with Crippen LogP contribution in [-0.2, 0) is 28.5 Å². The topological polar surface area (TPSA) is 71.1 Å². The van der Waals surface area contributed by atoms with Crippen molar-refractivity contribution in [3.63, 3.8) is 0 Å². The Balaban J connectivity index is 1.90. The number of ether oxygens (including phenoxy) is 4. The van der Waals surface area contributed by atoms with Crippen LogP contribution < -0.4 is 0 Å². The number of rotatable bonds is 4. The third-order valence-corrected chi connectivity index (χ3v) is 3.11. The summed E-state index contributed by atoms with van der Waals surface area (Å²) in [4.78, 5) is 22.5. The third kappa shape index (κ3) is 2.64. The van der Waals surface area contributed by atoms with Crippen molar-refractivity contribution >= 4 is 11.9 Å². The number of hydrogen-bond donors (Lipinski definition) is 0. The minimum atomic E-state index is -0.396. The maximum atomic E-state index is 11.2. The summed E-state index contributed by atoms with van der Waals surface area (Å²) in [6.45, 7) is 4.05. The molecule has 0 spiro atoms. The van der Waals surface area contributed by atoms with Gasteiger partial charge in [0.2, 0.25) is 0 Å². The van der Waals surface area contributed by atoms with Crippen molar-refractivity contribution in [3.05, 3.63) is 0 Å². The summed E-state index contributed by atoms with van der Waals surface area (Å²) in [7, 11) is 0. The molecular weight excluding hydrogens is 240 g/mol. The minimum Gasteiger partial charge on any atom is -0.457 e. The highest BCUT2D eigenvalue weighted by Crippen LogP contribution is 2.30. The fraction of sp³-hybridized carbons (Fsp3) is 0.833. The minimum absolute atomic E-state index is 0.276. The molecule has 0 aromatic carbocycles. The van der Waals surface area contributed by atoms with Crippen LogP contribution in [0, 0.1) is 0 Å². The number of carbonyl (C=O) groups is 2. The Morgan fingerprint density at radius 3 is 1.67 bits per heavy atom. The molecule has 2 saturated heterocycles. The van der Waals surface area contributed by atoms with Crippen LogP contribution in [0.5, 0.6) is 0 Å². The van der Waals surface area contributed by atoms with Crippen LogP contribution in [0.4, 0.5) is 0 Å². The highest BCUT2D eigenvalue weighted by Gasteiger charge is 2.50. The predicted octanol–water partition coefficient (Wildman–Crippen LogP) is 0.428. The molecule has 0 aromatic heterocycles. The van der Waals surface area contributed by atoms with E-state index in [0.717, 1.165) is 0 Å². The Labute approximate surface area is 106 Å². The van der Waals surface area contributed by atoms with Crippen LogP contribution in [0.25, 0.3) is 0 Å². The summed E-state index contributed by atoms with van der Waals surface area (Å²) in [5, 5.41) is 0. The quantitative estimate of drug-likeness (QED) is 0.681. The van der Waals surface area contributed by atoms with E-state index in [4.69, 9.17) is 18.9 Å². The molecule has 0 saturated carbocycles. The average molecular weight is 258 g/mol. The van der Waals surface area contributed by atoms with Crippen molar-refractivity contribution in [2.45, 2.75) is 51.1 Å². The summed E-state index contributed by atoms with van der Waals surface area (Å²) >= 11 is 0. The lowest BCUT2D eigenvalue weighted by molar-refractivity contribution is -0.154. The van der Waals surface area contributed by atoms with Crippen LogP contribution in [0.2, 0.25) is 0 Å². The monoisotopic (exact) mass is 258 g/mol. The summed E-state index contributed by atoms with van der Waals surface area (Å²) in [5.74, 6) is -0.552. The van der Waals surface area contributed by atoms with Gasteiger partial charge in [-0.2, -0.15) is 0 Å². The van der Waals surface area contributed by atoms with Gasteiger partial charge in [0.25, 0.3) is 0 Å². The molecule has 0 N–H and O–H groups in total. The summed E-state index contributed by atoms with van der Waals surface area (Å²) < 4.78 is 21.5. The number of esters is 2. The van der Waals surface area contributed by atoms with Gasteiger partial charge < -0.3 is 18.9 Å². The second kappa shape index (κ2) is 5.67. The highest BCUT2D eigenvalue weighted by molar-refractivity contribution is 5.69. The molecule has 0 radical (unpaired) electrons. The van der Waals surface area contributed by atoms with E-state index in [-0.39, 0.29) is 24.1 Å². The smallest absolute Gasteiger partial charge is 0.305 e. The fourth-order valence-electron chi connectivity index (χ4n) is 2.14. The third-order valence-electron chi connectivity index (χ3n) is 3.11. The molecular formula is C12H18O6. The molecule has 18 heavy (non-hydrogen) atoms. The Bertz CT molecular complexity index is 297. The highest BCUT2D eigenvalue weighted by atomic mass is 16.7. The molecule has 4 unspecified atom stereocenters. The standard InChI is InChI=1S/C12H18O6/c1-3-9(13)17-7-5-15-12-8(6-16-11(7)12)18-10(14)4-2/h7-8,11-12H,3-6H2,1-2H3. The van der Waals surface area contributed by atoms with E-state index in [1.54, 1.807) is 13.8 Å². The lowest BCUT2D eigenvalue weighted by Crippen LogP contribution is -2.35. The van der Waals surface area contributed by atoms with Crippen LogP contribution in [0.1, 0.15) is 26.7 Å². The van der Waals surface area contributed by atoms with Crippen molar-refractivity contribution in [2.24, 2.45) is 0 Å². The Kier molecular flexibility index (Phi) is 4.19. The van der Waals surface area contributed by atoms with Crippen molar-refractivity contribution in [1.82, 2.24) is 0 Å². The molecule has 0 aliphatic carbocycles. The van der Waals surface area contributed by atoms with Gasteiger partial charge in [0, 0.05) is 12.8 Å². The first-order valence-corrected chi connectivity index (χ1v) is 6.27. The molecule has 0 amide bonds. The molecule has 0 aromatic rings. The Morgan fingerprint density at radius 2 is 1.33 bits per heavy atom. The molecule has 2 heterocycles. The van der Waals surface area contributed by atoms with Gasteiger partial charge >= 0.3 is 11.9 Å². The lowest BCUT2D eigenvalue weighted by Gasteiger charge is -2.16. The molecule has 2 aliphatic rings. The van der Waals surface area contributed by atoms with Gasteiger partial charge in [-0.3, -0.25) is 9.59 Å². The van der Waals surface area contributed by atoms with E-state index in [2.05, 4.69) is 0 Å². The zero-order valence-corrected chi connectivity index (χ0v) is 10.6. The number of hydrogen-bond acceptors (Lipinski definition) is 6. The molecule has 6 heteroatoms. The first kappa shape index (κ1) is 13.3. The molecule has 6 nitrogen and oxygen atoms in total. The molecule has 0 bridgehead atoms. The van der Waals surface area contributed by atoms with Crippen LogP contribution in [-0.4, -0.2) is 49.6 Å². The SMILES string of the molecule is CCC(=O)OC1COC2C(OC(=O)CC)COC12. The zero-order valence-electron chi connectivity index (χ0n) is 10.6. The summed E-state index contributed by atoms with van der Waals surface area (Å²) in [6, 6.07) is 0. The van der Waals surface area contributed by atoms with E-state index in [0.29, 0.717) is 26.1 Å². The zero-order chi connectivity index (χ0) is 13.1. The molecule has 102 valence electrons. The Hall–Kier alpha value is -1.14. The van der Waals surface area contributed by atoms with Crippen molar-refractivity contribution in [1.29, 1.82) is 0 Å². The summed E-state index contributed by atoms with van der Waals surface area (Å²) in [5.41, 5.74) is 0. The second-order valence-corrected chi connectivity index (χ2v) is 4.36. The summed E-state index contributed by atoms with van der Waals surface area (Å²) in [6.07, 6.45) is -0.796. The van der Waals surface area contributed by atoms with Gasteiger partial charge in [-0.25, -0.2) is 0 Å². The first-order chi connectivity index (χ1) is 8.65. The Morgan fingerprint density at radius 1 is 0.944 bits per heavy atom. The normalized spacial score (nSPS) is 34.1. The van der Waals surface area contributed by atoms with E-state index < -0.39 is 12.2 Å². The van der Waals surface area contributed by atoms with Gasteiger partial charge in [0.15, 0.2) is 12.2 Å². The van der Waals surface area contributed by atoms with Gasteiger partial charge in [0.05, 0.1) is 13.2 Å². The van der Waals surface area contributed by atoms with Gasteiger partial charge in [0.1, 0.15) is 12.2 Å². The largest absolute Gasteiger partial charge is 0.457 e. The van der Waals surface area contributed by atoms with E-state index in [1.807, 2.05) is 0 Å². The maximum absolute atomic E-state index is 11.2. The maximum Gasteiger partial charge on any atom is 0.305 e. The van der Waals surface area contributed by atoms with E-state index in [1.165, 1.54) is 0 Å². The molecule has 2 rings (SSSR count). The average Bonchev–Trinajstić information content (AvgIpc) is 2.93. The van der Waals surface area contributed by atoms with Gasteiger partial charge in [-0.15, -0.1) is 0 Å².